The first-order chi connectivity index (χ1) is 3.80. The molecule has 1 radical (unpaired) electrons. The number of rotatable bonds is 1. The van der Waals surface area contributed by atoms with Crippen LogP contribution in [0.4, 0.5) is 0 Å². The van der Waals surface area contributed by atoms with Crippen molar-refractivity contribution in [1.82, 2.24) is 0 Å². The molecule has 3 nitrogen and oxygen atoms in total. The molecule has 1 atom stereocenters. The summed E-state index contributed by atoms with van der Waals surface area (Å²) in [5, 5.41) is 0. The molecule has 9 heavy (non-hydrogen) atoms. The molecule has 2 N–H and O–H groups in total. The van der Waals surface area contributed by atoms with E-state index in [9.17, 15) is 4.79 Å². The molecule has 1 amide bonds. The Bertz CT molecular complexity index is 101. The molecule has 1 fully saturated rings. The molecule has 0 aromatic rings. The van der Waals surface area contributed by atoms with Crippen molar-refractivity contribution in [2.75, 3.05) is 6.61 Å². The van der Waals surface area contributed by atoms with Crippen molar-refractivity contribution in [3.8, 4) is 0 Å². The summed E-state index contributed by atoms with van der Waals surface area (Å²) in [5.41, 5.74) is 4.93. The second kappa shape index (κ2) is 4.28. The minimum absolute atomic E-state index is 0. The van der Waals surface area contributed by atoms with E-state index in [1.54, 1.807) is 0 Å². The summed E-state index contributed by atoms with van der Waals surface area (Å²) in [6.07, 6.45) is 1.47. The van der Waals surface area contributed by atoms with Crippen LogP contribution in [0, 0.1) is 0 Å². The Morgan fingerprint density at radius 1 is 1.67 bits per heavy atom. The molecule has 0 aliphatic carbocycles. The van der Waals surface area contributed by atoms with Crippen molar-refractivity contribution in [2.45, 2.75) is 18.9 Å². The predicted molar refractivity (Wildman–Crippen MR) is 33.9 cm³/mol. The first-order valence-electron chi connectivity index (χ1n) is 2.71. The summed E-state index contributed by atoms with van der Waals surface area (Å²) in [5.74, 6) is -0.331. The van der Waals surface area contributed by atoms with Crippen molar-refractivity contribution >= 4 is 35.5 Å². The average molecular weight is 138 g/mol. The van der Waals surface area contributed by atoms with Crippen molar-refractivity contribution in [2.24, 2.45) is 5.73 Å². The van der Waals surface area contributed by atoms with Crippen molar-refractivity contribution in [1.29, 1.82) is 0 Å². The first-order valence-corrected chi connectivity index (χ1v) is 2.71. The van der Waals surface area contributed by atoms with Gasteiger partial charge in [0.2, 0.25) is 5.91 Å². The Morgan fingerprint density at radius 2 is 2.33 bits per heavy atom. The number of amides is 1. The van der Waals surface area contributed by atoms with E-state index in [0.717, 1.165) is 12.8 Å². The molecule has 0 aromatic heterocycles. The number of ether oxygens (including phenoxy) is 1. The third kappa shape index (κ3) is 2.67. The van der Waals surface area contributed by atoms with Crippen LogP contribution in [0.2, 0.25) is 0 Å². The fraction of sp³-hybridized carbons (Fsp3) is 0.800. The number of hydrogen-bond donors (Lipinski definition) is 1. The number of primary amides is 1. The van der Waals surface area contributed by atoms with Gasteiger partial charge in [0.25, 0.3) is 0 Å². The Labute approximate surface area is 76.2 Å². The molecule has 1 unspecified atom stereocenters. The molecule has 1 saturated heterocycles. The van der Waals surface area contributed by atoms with E-state index in [-0.39, 0.29) is 41.6 Å². The zero-order valence-electron chi connectivity index (χ0n) is 5.59. The van der Waals surface area contributed by atoms with Crippen LogP contribution < -0.4 is 5.73 Å². The fourth-order valence-electron chi connectivity index (χ4n) is 0.802. The maximum atomic E-state index is 10.3. The van der Waals surface area contributed by atoms with Gasteiger partial charge in [-0.3, -0.25) is 4.79 Å². The van der Waals surface area contributed by atoms with Gasteiger partial charge in [-0.05, 0) is 12.8 Å². The van der Waals surface area contributed by atoms with Crippen LogP contribution in [-0.4, -0.2) is 48.2 Å². The number of carbonyl (C=O) groups is 1. The maximum absolute atomic E-state index is 10.3. The van der Waals surface area contributed by atoms with E-state index < -0.39 is 0 Å². The summed E-state index contributed by atoms with van der Waals surface area (Å²) in [6, 6.07) is 0. The van der Waals surface area contributed by atoms with Gasteiger partial charge in [0, 0.05) is 36.2 Å². The van der Waals surface area contributed by atoms with Crippen LogP contribution in [0.3, 0.4) is 0 Å². The molecule has 1 aliphatic rings. The van der Waals surface area contributed by atoms with Gasteiger partial charge in [-0.2, -0.15) is 0 Å². The summed E-state index contributed by atoms with van der Waals surface area (Å²) in [6.45, 7) is 0.688. The smallest absolute Gasteiger partial charge is 0.246 e. The standard InChI is InChI=1S/C5H9NO2.Na/c6-5(7)4-2-1-3-8-4;/h4H,1-3H2,(H2,6,7);. The van der Waals surface area contributed by atoms with Crippen molar-refractivity contribution in [3.05, 3.63) is 0 Å². The van der Waals surface area contributed by atoms with Gasteiger partial charge in [0.15, 0.2) is 0 Å². The van der Waals surface area contributed by atoms with Crippen LogP contribution in [0.25, 0.3) is 0 Å². The molecule has 1 aliphatic heterocycles. The molecule has 0 saturated carbocycles. The molecule has 0 aromatic carbocycles. The van der Waals surface area contributed by atoms with Crippen molar-refractivity contribution < 1.29 is 9.53 Å². The molecule has 1 heterocycles. The molecule has 4 heteroatoms. The zero-order chi connectivity index (χ0) is 5.98. The third-order valence-electron chi connectivity index (χ3n) is 1.25. The summed E-state index contributed by atoms with van der Waals surface area (Å²) < 4.78 is 4.94. The largest absolute Gasteiger partial charge is 0.368 e. The monoisotopic (exact) mass is 138 g/mol. The molecule has 0 bridgehead atoms. The Balaban J connectivity index is 0.000000640. The van der Waals surface area contributed by atoms with E-state index >= 15 is 0 Å². The van der Waals surface area contributed by atoms with E-state index in [1.165, 1.54) is 0 Å². The Morgan fingerprint density at radius 3 is 2.56 bits per heavy atom. The van der Waals surface area contributed by atoms with Crippen LogP contribution in [0.5, 0.6) is 0 Å². The van der Waals surface area contributed by atoms with Crippen LogP contribution in [0.1, 0.15) is 12.8 Å². The van der Waals surface area contributed by atoms with Gasteiger partial charge >= 0.3 is 0 Å². The molecule has 0 spiro atoms. The fourth-order valence-corrected chi connectivity index (χ4v) is 0.802. The Hall–Kier alpha value is 0.430. The minimum Gasteiger partial charge on any atom is -0.368 e. The molecular weight excluding hydrogens is 129 g/mol. The minimum atomic E-state index is -0.331. The van der Waals surface area contributed by atoms with Gasteiger partial charge in [-0.15, -0.1) is 0 Å². The summed E-state index contributed by atoms with van der Waals surface area (Å²) >= 11 is 0. The van der Waals surface area contributed by atoms with Gasteiger partial charge in [0.05, 0.1) is 0 Å². The second-order valence-electron chi connectivity index (χ2n) is 1.90. The normalized spacial score (nSPS) is 25.1. The summed E-state index contributed by atoms with van der Waals surface area (Å²) in [7, 11) is 0. The summed E-state index contributed by atoms with van der Waals surface area (Å²) in [4.78, 5) is 10.3. The van der Waals surface area contributed by atoms with Crippen LogP contribution in [0.15, 0.2) is 0 Å². The first kappa shape index (κ1) is 9.43. The van der Waals surface area contributed by atoms with Gasteiger partial charge in [-0.1, -0.05) is 0 Å². The maximum Gasteiger partial charge on any atom is 0.246 e. The molecule has 1 rings (SSSR count). The average Bonchev–Trinajstić information content (AvgIpc) is 2.12. The van der Waals surface area contributed by atoms with Gasteiger partial charge in [0.1, 0.15) is 6.10 Å². The topological polar surface area (TPSA) is 52.3 Å². The molecule has 47 valence electrons. The molecular formula is C5H9NNaO2. The van der Waals surface area contributed by atoms with Crippen LogP contribution in [-0.2, 0) is 9.53 Å². The SMILES string of the molecule is NC(=O)C1CCCO1.[Na]. The van der Waals surface area contributed by atoms with Gasteiger partial charge < -0.3 is 10.5 Å². The number of hydrogen-bond acceptors (Lipinski definition) is 2. The van der Waals surface area contributed by atoms with Crippen LogP contribution >= 0.6 is 0 Å². The second-order valence-corrected chi connectivity index (χ2v) is 1.90. The zero-order valence-corrected chi connectivity index (χ0v) is 7.59. The van der Waals surface area contributed by atoms with E-state index in [2.05, 4.69) is 0 Å². The van der Waals surface area contributed by atoms with E-state index in [1.807, 2.05) is 0 Å². The number of carbonyl (C=O) groups excluding carboxylic acids is 1. The van der Waals surface area contributed by atoms with Crippen molar-refractivity contribution in [3.63, 3.8) is 0 Å². The van der Waals surface area contributed by atoms with E-state index in [0.29, 0.717) is 6.61 Å². The van der Waals surface area contributed by atoms with Gasteiger partial charge in [-0.25, -0.2) is 0 Å². The van der Waals surface area contributed by atoms with E-state index in [4.69, 9.17) is 10.5 Å². The number of nitrogens with two attached hydrogens (primary N) is 1. The third-order valence-corrected chi connectivity index (χ3v) is 1.25. The Kier molecular flexibility index (Phi) is 4.48. The quantitative estimate of drug-likeness (QED) is 0.486. The predicted octanol–water partition coefficient (Wildman–Crippen LogP) is -0.730.